The van der Waals surface area contributed by atoms with Gasteiger partial charge in [-0.25, -0.2) is 0 Å². The van der Waals surface area contributed by atoms with Crippen molar-refractivity contribution in [3.8, 4) is 6.01 Å². The molecule has 114 valence electrons. The molecular weight excluding hydrogens is 275 g/mol. The summed E-state index contributed by atoms with van der Waals surface area (Å²) in [5.74, 6) is 0.00810. The van der Waals surface area contributed by atoms with E-state index in [0.717, 1.165) is 6.42 Å². The second-order valence-electron chi connectivity index (χ2n) is 4.33. The minimum Gasteiger partial charge on any atom is -0.461 e. The molecule has 1 heterocycles. The topological polar surface area (TPSA) is 72.0 Å². The second kappa shape index (κ2) is 7.11. The summed E-state index contributed by atoms with van der Waals surface area (Å²) in [5.41, 5.74) is 0. The maximum absolute atomic E-state index is 12.2. The fourth-order valence-corrected chi connectivity index (χ4v) is 1.19. The van der Waals surface area contributed by atoms with Gasteiger partial charge in [-0.15, -0.1) is 0 Å². The Labute approximate surface area is 115 Å². The normalized spacial score (nSPS) is 11.6. The first-order valence-corrected chi connectivity index (χ1v) is 6.27. The van der Waals surface area contributed by atoms with Crippen LogP contribution in [-0.2, 0) is 0 Å². The predicted molar refractivity (Wildman–Crippen MR) is 68.9 cm³/mol. The SMILES string of the molecule is CCCNc1nc(NCC(F)(F)F)nc(OC(C)C)n1. The van der Waals surface area contributed by atoms with Gasteiger partial charge in [0, 0.05) is 6.54 Å². The highest BCUT2D eigenvalue weighted by molar-refractivity contribution is 5.35. The summed E-state index contributed by atoms with van der Waals surface area (Å²) in [6, 6.07) is -0.0155. The van der Waals surface area contributed by atoms with Crippen LogP contribution in [-0.4, -0.2) is 40.3 Å². The van der Waals surface area contributed by atoms with Crippen molar-refractivity contribution in [2.45, 2.75) is 39.5 Å². The number of nitrogens with zero attached hydrogens (tertiary/aromatic N) is 3. The van der Waals surface area contributed by atoms with Crippen molar-refractivity contribution < 1.29 is 17.9 Å². The van der Waals surface area contributed by atoms with Gasteiger partial charge in [0.2, 0.25) is 11.9 Å². The summed E-state index contributed by atoms with van der Waals surface area (Å²) in [4.78, 5) is 11.6. The molecule has 0 amide bonds. The summed E-state index contributed by atoms with van der Waals surface area (Å²) in [7, 11) is 0. The Hall–Kier alpha value is -1.80. The largest absolute Gasteiger partial charge is 0.461 e. The highest BCUT2D eigenvalue weighted by Crippen LogP contribution is 2.17. The molecule has 0 saturated heterocycles. The van der Waals surface area contributed by atoms with Crippen LogP contribution in [0.2, 0.25) is 0 Å². The molecule has 2 N–H and O–H groups in total. The molecule has 0 atom stereocenters. The quantitative estimate of drug-likeness (QED) is 0.804. The van der Waals surface area contributed by atoms with Crippen molar-refractivity contribution in [3.63, 3.8) is 0 Å². The van der Waals surface area contributed by atoms with Crippen LogP contribution in [0.1, 0.15) is 27.2 Å². The molecule has 6 nitrogen and oxygen atoms in total. The average molecular weight is 293 g/mol. The number of hydrogen-bond acceptors (Lipinski definition) is 6. The number of halogens is 3. The van der Waals surface area contributed by atoms with Crippen LogP contribution in [0.3, 0.4) is 0 Å². The molecule has 1 aromatic rings. The number of nitrogens with one attached hydrogen (secondary N) is 2. The summed E-state index contributed by atoms with van der Waals surface area (Å²) in [6.07, 6.45) is -3.70. The number of ether oxygens (including phenoxy) is 1. The molecule has 0 saturated carbocycles. The Morgan fingerprint density at radius 2 is 1.70 bits per heavy atom. The summed E-state index contributed by atoms with van der Waals surface area (Å²) >= 11 is 0. The van der Waals surface area contributed by atoms with E-state index in [0.29, 0.717) is 6.54 Å². The third-order valence-electron chi connectivity index (χ3n) is 1.94. The average Bonchev–Trinajstić information content (AvgIpc) is 2.32. The van der Waals surface area contributed by atoms with Crippen molar-refractivity contribution in [1.29, 1.82) is 0 Å². The first-order chi connectivity index (χ1) is 9.30. The van der Waals surface area contributed by atoms with E-state index in [1.807, 2.05) is 6.92 Å². The highest BCUT2D eigenvalue weighted by Gasteiger charge is 2.27. The van der Waals surface area contributed by atoms with Crippen molar-refractivity contribution in [3.05, 3.63) is 0 Å². The van der Waals surface area contributed by atoms with Gasteiger partial charge in [0.25, 0.3) is 0 Å². The van der Waals surface area contributed by atoms with Gasteiger partial charge in [-0.3, -0.25) is 0 Å². The number of hydrogen-bond donors (Lipinski definition) is 2. The number of anilines is 2. The minimum absolute atomic E-state index is 0.0155. The Kier molecular flexibility index (Phi) is 5.78. The smallest absolute Gasteiger partial charge is 0.405 e. The van der Waals surface area contributed by atoms with Crippen LogP contribution in [0.15, 0.2) is 0 Å². The zero-order valence-corrected chi connectivity index (χ0v) is 11.6. The fraction of sp³-hybridized carbons (Fsp3) is 0.727. The molecule has 0 aromatic carbocycles. The zero-order valence-electron chi connectivity index (χ0n) is 11.6. The Morgan fingerprint density at radius 3 is 2.20 bits per heavy atom. The number of aromatic nitrogens is 3. The van der Waals surface area contributed by atoms with E-state index >= 15 is 0 Å². The van der Waals surface area contributed by atoms with E-state index in [1.54, 1.807) is 13.8 Å². The van der Waals surface area contributed by atoms with E-state index in [1.165, 1.54) is 0 Å². The lowest BCUT2D eigenvalue weighted by Gasteiger charge is -2.12. The van der Waals surface area contributed by atoms with E-state index < -0.39 is 12.7 Å². The van der Waals surface area contributed by atoms with E-state index in [2.05, 4.69) is 25.6 Å². The van der Waals surface area contributed by atoms with Crippen molar-refractivity contribution in [2.24, 2.45) is 0 Å². The standard InChI is InChI=1S/C11H18F3N5O/c1-4-5-15-8-17-9(16-6-11(12,13)14)19-10(18-8)20-7(2)3/h7H,4-6H2,1-3H3,(H2,15,16,17,18,19). The van der Waals surface area contributed by atoms with Crippen LogP contribution in [0.25, 0.3) is 0 Å². The lowest BCUT2D eigenvalue weighted by molar-refractivity contribution is -0.115. The molecule has 0 bridgehead atoms. The molecule has 0 fully saturated rings. The van der Waals surface area contributed by atoms with E-state index in [4.69, 9.17) is 4.74 Å². The Balaban J connectivity index is 2.85. The van der Waals surface area contributed by atoms with Crippen LogP contribution >= 0.6 is 0 Å². The van der Waals surface area contributed by atoms with Crippen LogP contribution in [0.4, 0.5) is 25.1 Å². The molecule has 1 aromatic heterocycles. The van der Waals surface area contributed by atoms with Gasteiger partial charge >= 0.3 is 12.2 Å². The zero-order chi connectivity index (χ0) is 15.2. The summed E-state index contributed by atoms with van der Waals surface area (Å²) in [6.45, 7) is 4.87. The fourth-order valence-electron chi connectivity index (χ4n) is 1.19. The third kappa shape index (κ3) is 6.39. The van der Waals surface area contributed by atoms with Crippen molar-refractivity contribution >= 4 is 11.9 Å². The van der Waals surface area contributed by atoms with Crippen LogP contribution in [0.5, 0.6) is 6.01 Å². The maximum Gasteiger partial charge on any atom is 0.405 e. The minimum atomic E-state index is -4.34. The number of rotatable bonds is 7. The molecule has 0 aliphatic heterocycles. The predicted octanol–water partition coefficient (Wildman–Crippen LogP) is 2.45. The van der Waals surface area contributed by atoms with E-state index in [-0.39, 0.29) is 24.0 Å². The molecule has 1 rings (SSSR count). The molecule has 9 heteroatoms. The molecule has 0 radical (unpaired) electrons. The van der Waals surface area contributed by atoms with Gasteiger partial charge in [-0.2, -0.15) is 28.1 Å². The third-order valence-corrected chi connectivity index (χ3v) is 1.94. The van der Waals surface area contributed by atoms with Crippen LogP contribution < -0.4 is 15.4 Å². The van der Waals surface area contributed by atoms with Gasteiger partial charge in [0.1, 0.15) is 6.54 Å². The highest BCUT2D eigenvalue weighted by atomic mass is 19.4. The van der Waals surface area contributed by atoms with Crippen molar-refractivity contribution in [2.75, 3.05) is 23.7 Å². The van der Waals surface area contributed by atoms with Gasteiger partial charge < -0.3 is 15.4 Å². The first kappa shape index (κ1) is 16.3. The summed E-state index contributed by atoms with van der Waals surface area (Å²) < 4.78 is 41.8. The maximum atomic E-state index is 12.2. The van der Waals surface area contributed by atoms with Gasteiger partial charge in [0.15, 0.2) is 0 Å². The van der Waals surface area contributed by atoms with Gasteiger partial charge in [0.05, 0.1) is 6.10 Å². The molecular formula is C11H18F3N5O. The van der Waals surface area contributed by atoms with Crippen LogP contribution in [0, 0.1) is 0 Å². The van der Waals surface area contributed by atoms with Gasteiger partial charge in [-0.05, 0) is 20.3 Å². The summed E-state index contributed by atoms with van der Waals surface area (Å²) in [5, 5.41) is 4.99. The molecule has 0 aliphatic rings. The Bertz CT molecular complexity index is 425. The van der Waals surface area contributed by atoms with Gasteiger partial charge in [-0.1, -0.05) is 6.92 Å². The molecule has 0 spiro atoms. The first-order valence-electron chi connectivity index (χ1n) is 6.27. The van der Waals surface area contributed by atoms with Crippen molar-refractivity contribution in [1.82, 2.24) is 15.0 Å². The lowest BCUT2D eigenvalue weighted by atomic mass is 10.5. The number of alkyl halides is 3. The van der Waals surface area contributed by atoms with E-state index in [9.17, 15) is 13.2 Å². The molecule has 0 unspecified atom stereocenters. The monoisotopic (exact) mass is 293 g/mol. The Morgan fingerprint density at radius 1 is 1.10 bits per heavy atom. The lowest BCUT2D eigenvalue weighted by Crippen LogP contribution is -2.23. The second-order valence-corrected chi connectivity index (χ2v) is 4.33. The molecule has 0 aliphatic carbocycles. The molecule has 20 heavy (non-hydrogen) atoms.